The maximum atomic E-state index is 13.0. The molecule has 1 aromatic carbocycles. The SMILES string of the molecule is CCN(CC)S(=O)(=O)c1ccc(OC)c(NC(=O)C2CCCN(C(=O)C(C)(C)C)C2)c1. The topological polar surface area (TPSA) is 96.0 Å². The number of anilines is 1. The number of nitrogens with one attached hydrogen (secondary N) is 1. The van der Waals surface area contributed by atoms with Crippen LogP contribution in [0.25, 0.3) is 0 Å². The van der Waals surface area contributed by atoms with Gasteiger partial charge in [0.15, 0.2) is 0 Å². The molecular weight excluding hydrogens is 418 g/mol. The van der Waals surface area contributed by atoms with Gasteiger partial charge in [0.2, 0.25) is 21.8 Å². The molecule has 0 bridgehead atoms. The molecular formula is C22H35N3O5S. The van der Waals surface area contributed by atoms with Gasteiger partial charge in [-0.15, -0.1) is 0 Å². The quantitative estimate of drug-likeness (QED) is 0.685. The van der Waals surface area contributed by atoms with Crippen molar-refractivity contribution in [2.75, 3.05) is 38.6 Å². The standard InChI is InChI=1S/C22H35N3O5S/c1-7-25(8-2)31(28,29)17-11-12-19(30-6)18(14-17)23-20(26)16-10-9-13-24(15-16)21(27)22(3,4)5/h11-12,14,16H,7-10,13,15H2,1-6H3,(H,23,26). The molecule has 1 heterocycles. The van der Waals surface area contributed by atoms with E-state index in [9.17, 15) is 18.0 Å². The highest BCUT2D eigenvalue weighted by Crippen LogP contribution is 2.30. The number of nitrogens with zero attached hydrogens (tertiary/aromatic N) is 2. The number of rotatable bonds is 7. The molecule has 0 aliphatic carbocycles. The Balaban J connectivity index is 2.25. The van der Waals surface area contributed by atoms with Gasteiger partial charge in [-0.3, -0.25) is 9.59 Å². The van der Waals surface area contributed by atoms with Crippen molar-refractivity contribution in [3.63, 3.8) is 0 Å². The van der Waals surface area contributed by atoms with Crippen molar-refractivity contribution >= 4 is 27.5 Å². The van der Waals surface area contributed by atoms with Gasteiger partial charge in [0, 0.05) is 31.6 Å². The molecule has 8 nitrogen and oxygen atoms in total. The van der Waals surface area contributed by atoms with Crippen LogP contribution in [-0.4, -0.2) is 62.7 Å². The molecule has 1 N–H and O–H groups in total. The Bertz CT molecular complexity index is 904. The summed E-state index contributed by atoms with van der Waals surface area (Å²) in [6.45, 7) is 10.9. The van der Waals surface area contributed by atoms with E-state index in [1.165, 1.54) is 23.5 Å². The number of amides is 2. The average molecular weight is 454 g/mol. The first-order chi connectivity index (χ1) is 14.4. The molecule has 0 radical (unpaired) electrons. The Hall–Kier alpha value is -2.13. The number of hydrogen-bond acceptors (Lipinski definition) is 5. The van der Waals surface area contributed by atoms with Gasteiger partial charge in [0.05, 0.1) is 23.6 Å². The molecule has 1 fully saturated rings. The van der Waals surface area contributed by atoms with Crippen LogP contribution in [-0.2, 0) is 19.6 Å². The zero-order valence-electron chi connectivity index (χ0n) is 19.4. The second-order valence-corrected chi connectivity index (χ2v) is 10.7. The summed E-state index contributed by atoms with van der Waals surface area (Å²) in [5.74, 6) is -0.213. The third kappa shape index (κ3) is 5.77. The van der Waals surface area contributed by atoms with Gasteiger partial charge in [-0.05, 0) is 31.0 Å². The van der Waals surface area contributed by atoms with Crippen LogP contribution in [0.2, 0.25) is 0 Å². The smallest absolute Gasteiger partial charge is 0.243 e. The van der Waals surface area contributed by atoms with Gasteiger partial charge in [0.1, 0.15) is 5.75 Å². The number of methoxy groups -OCH3 is 1. The van der Waals surface area contributed by atoms with Crippen LogP contribution >= 0.6 is 0 Å². The third-order valence-electron chi connectivity index (χ3n) is 5.49. The van der Waals surface area contributed by atoms with Gasteiger partial charge in [-0.1, -0.05) is 34.6 Å². The minimum Gasteiger partial charge on any atom is -0.495 e. The Labute approximate surface area is 186 Å². The van der Waals surface area contributed by atoms with Crippen LogP contribution in [0.3, 0.4) is 0 Å². The van der Waals surface area contributed by atoms with Crippen LogP contribution in [0, 0.1) is 11.3 Å². The number of benzene rings is 1. The van der Waals surface area contributed by atoms with Gasteiger partial charge < -0.3 is 15.0 Å². The van der Waals surface area contributed by atoms with E-state index >= 15 is 0 Å². The van der Waals surface area contributed by atoms with Crippen molar-refractivity contribution in [2.45, 2.75) is 52.4 Å². The monoisotopic (exact) mass is 453 g/mol. The van der Waals surface area contributed by atoms with Crippen molar-refractivity contribution in [2.24, 2.45) is 11.3 Å². The Kier molecular flexibility index (Phi) is 8.10. The molecule has 2 rings (SSSR count). The summed E-state index contributed by atoms with van der Waals surface area (Å²) in [7, 11) is -2.21. The second-order valence-electron chi connectivity index (χ2n) is 8.78. The average Bonchev–Trinajstić information content (AvgIpc) is 2.73. The van der Waals surface area contributed by atoms with E-state index in [4.69, 9.17) is 4.74 Å². The summed E-state index contributed by atoms with van der Waals surface area (Å²) in [5.41, 5.74) is -0.200. The van der Waals surface area contributed by atoms with Crippen LogP contribution in [0.4, 0.5) is 5.69 Å². The summed E-state index contributed by atoms with van der Waals surface area (Å²) < 4.78 is 32.4. The van der Waals surface area contributed by atoms with E-state index in [0.717, 1.165) is 6.42 Å². The molecule has 1 atom stereocenters. The zero-order chi connectivity index (χ0) is 23.4. The first-order valence-corrected chi connectivity index (χ1v) is 12.2. The van der Waals surface area contributed by atoms with E-state index < -0.39 is 15.4 Å². The molecule has 1 aliphatic heterocycles. The lowest BCUT2D eigenvalue weighted by molar-refractivity contribution is -0.142. The number of hydrogen-bond donors (Lipinski definition) is 1. The van der Waals surface area contributed by atoms with Gasteiger partial charge >= 0.3 is 0 Å². The zero-order valence-corrected chi connectivity index (χ0v) is 20.2. The summed E-state index contributed by atoms with van der Waals surface area (Å²) >= 11 is 0. The van der Waals surface area contributed by atoms with Crippen molar-refractivity contribution in [3.05, 3.63) is 18.2 Å². The fourth-order valence-electron chi connectivity index (χ4n) is 3.74. The molecule has 1 saturated heterocycles. The predicted octanol–water partition coefficient (Wildman–Crippen LogP) is 2.95. The van der Waals surface area contributed by atoms with Crippen molar-refractivity contribution in [3.8, 4) is 5.75 Å². The van der Waals surface area contributed by atoms with Gasteiger partial charge in [0.25, 0.3) is 0 Å². The fourth-order valence-corrected chi connectivity index (χ4v) is 5.23. The summed E-state index contributed by atoms with van der Waals surface area (Å²) in [4.78, 5) is 27.5. The molecule has 1 aromatic rings. The second kappa shape index (κ2) is 9.99. The number of sulfonamides is 1. The van der Waals surface area contributed by atoms with Crippen molar-refractivity contribution in [1.29, 1.82) is 0 Å². The molecule has 9 heteroatoms. The first kappa shape index (κ1) is 25.1. The summed E-state index contributed by atoms with van der Waals surface area (Å²) in [6, 6.07) is 4.46. The molecule has 0 saturated carbocycles. The number of ether oxygens (including phenoxy) is 1. The van der Waals surface area contributed by atoms with E-state index in [-0.39, 0.29) is 22.6 Å². The Morgan fingerprint density at radius 1 is 1.23 bits per heavy atom. The van der Waals surface area contributed by atoms with Gasteiger partial charge in [-0.2, -0.15) is 4.31 Å². The number of carbonyl (C=O) groups is 2. The summed E-state index contributed by atoms with van der Waals surface area (Å²) in [5, 5.41) is 2.83. The third-order valence-corrected chi connectivity index (χ3v) is 7.54. The maximum absolute atomic E-state index is 13.0. The number of piperidine rings is 1. The maximum Gasteiger partial charge on any atom is 0.243 e. The number of carbonyl (C=O) groups excluding carboxylic acids is 2. The van der Waals surface area contributed by atoms with Crippen LogP contribution in [0.1, 0.15) is 47.5 Å². The lowest BCUT2D eigenvalue weighted by Gasteiger charge is -2.36. The predicted molar refractivity (Wildman–Crippen MR) is 120 cm³/mol. The van der Waals surface area contributed by atoms with E-state index in [2.05, 4.69) is 5.32 Å². The Morgan fingerprint density at radius 3 is 2.42 bits per heavy atom. The van der Waals surface area contributed by atoms with E-state index in [1.54, 1.807) is 24.8 Å². The minimum absolute atomic E-state index is 0.0230. The lowest BCUT2D eigenvalue weighted by Crippen LogP contribution is -2.47. The molecule has 0 aromatic heterocycles. The van der Waals surface area contributed by atoms with Gasteiger partial charge in [-0.25, -0.2) is 8.42 Å². The van der Waals surface area contributed by atoms with Crippen molar-refractivity contribution in [1.82, 2.24) is 9.21 Å². The molecule has 174 valence electrons. The van der Waals surface area contributed by atoms with E-state index in [1.807, 2.05) is 20.8 Å². The number of likely N-dealkylation sites (tertiary alicyclic amines) is 1. The normalized spacial score (nSPS) is 17.5. The van der Waals surface area contributed by atoms with E-state index in [0.29, 0.717) is 44.0 Å². The molecule has 1 unspecified atom stereocenters. The fraction of sp³-hybridized carbons (Fsp3) is 0.636. The van der Waals surface area contributed by atoms with Crippen LogP contribution in [0.5, 0.6) is 5.75 Å². The first-order valence-electron chi connectivity index (χ1n) is 10.7. The summed E-state index contributed by atoms with van der Waals surface area (Å²) in [6.07, 6.45) is 1.41. The largest absolute Gasteiger partial charge is 0.495 e. The highest BCUT2D eigenvalue weighted by atomic mass is 32.2. The van der Waals surface area contributed by atoms with Crippen LogP contribution < -0.4 is 10.1 Å². The Morgan fingerprint density at radius 2 is 1.87 bits per heavy atom. The molecule has 1 aliphatic rings. The highest BCUT2D eigenvalue weighted by molar-refractivity contribution is 7.89. The van der Waals surface area contributed by atoms with Crippen LogP contribution in [0.15, 0.2) is 23.1 Å². The minimum atomic E-state index is -3.67. The van der Waals surface area contributed by atoms with Crippen molar-refractivity contribution < 1.29 is 22.7 Å². The molecule has 0 spiro atoms. The highest BCUT2D eigenvalue weighted by Gasteiger charge is 2.34. The molecule has 31 heavy (non-hydrogen) atoms. The molecule has 2 amide bonds. The lowest BCUT2D eigenvalue weighted by atomic mass is 9.91.